The van der Waals surface area contributed by atoms with Crippen LogP contribution in [-0.2, 0) is 21.4 Å². The van der Waals surface area contributed by atoms with Crippen LogP contribution in [0.2, 0.25) is 0 Å². The highest BCUT2D eigenvalue weighted by Gasteiger charge is 2.29. The van der Waals surface area contributed by atoms with Crippen molar-refractivity contribution in [2.24, 2.45) is 0 Å². The van der Waals surface area contributed by atoms with E-state index in [1.54, 1.807) is 36.2 Å². The molecule has 12 heteroatoms. The maximum absolute atomic E-state index is 13.0. The van der Waals surface area contributed by atoms with Crippen molar-refractivity contribution in [3.8, 4) is 0 Å². The van der Waals surface area contributed by atoms with Gasteiger partial charge in [0.2, 0.25) is 21.1 Å². The highest BCUT2D eigenvalue weighted by atomic mass is 32.2. The fraction of sp³-hybridized carbons (Fsp3) is 0.429. The molecule has 2 heterocycles. The van der Waals surface area contributed by atoms with Crippen LogP contribution in [0.4, 0.5) is 5.69 Å². The van der Waals surface area contributed by atoms with E-state index in [0.29, 0.717) is 23.1 Å². The van der Waals surface area contributed by atoms with Gasteiger partial charge in [-0.3, -0.25) is 4.79 Å². The number of sulfonamides is 1. The lowest BCUT2D eigenvalue weighted by Crippen LogP contribution is -2.38. The molecule has 1 N–H and O–H groups in total. The first-order valence-electron chi connectivity index (χ1n) is 10.7. The monoisotopic (exact) mass is 490 g/mol. The summed E-state index contributed by atoms with van der Waals surface area (Å²) in [7, 11) is -1.92. The number of aromatic nitrogens is 4. The van der Waals surface area contributed by atoms with Crippen molar-refractivity contribution in [1.29, 1.82) is 0 Å². The molecule has 176 valence electrons. The molecule has 3 aromatic rings. The van der Waals surface area contributed by atoms with Gasteiger partial charge in [0, 0.05) is 18.8 Å². The summed E-state index contributed by atoms with van der Waals surface area (Å²) in [6.45, 7) is 0.370. The predicted molar refractivity (Wildman–Crippen MR) is 123 cm³/mol. The molecular formula is C21H26N6O4S2. The van der Waals surface area contributed by atoms with Crippen LogP contribution in [-0.4, -0.2) is 57.7 Å². The Bertz CT molecular complexity index is 1160. The van der Waals surface area contributed by atoms with Crippen molar-refractivity contribution in [2.75, 3.05) is 18.1 Å². The smallest absolute Gasteiger partial charge is 0.243 e. The molecule has 10 nitrogen and oxygen atoms in total. The van der Waals surface area contributed by atoms with Crippen LogP contribution in [0.25, 0.3) is 0 Å². The summed E-state index contributed by atoms with van der Waals surface area (Å²) in [5, 5.41) is 14.8. The van der Waals surface area contributed by atoms with E-state index < -0.39 is 10.0 Å². The molecule has 33 heavy (non-hydrogen) atoms. The molecule has 0 radical (unpaired) electrons. The van der Waals surface area contributed by atoms with Gasteiger partial charge in [0.15, 0.2) is 0 Å². The van der Waals surface area contributed by atoms with Gasteiger partial charge in [-0.05, 0) is 59.7 Å². The van der Waals surface area contributed by atoms with E-state index >= 15 is 0 Å². The molecule has 4 rings (SSSR count). The lowest BCUT2D eigenvalue weighted by atomic mass is 9.96. The Labute approximate surface area is 196 Å². The van der Waals surface area contributed by atoms with Crippen LogP contribution in [0.3, 0.4) is 0 Å². The van der Waals surface area contributed by atoms with Gasteiger partial charge in [-0.2, -0.15) is 4.31 Å². The first-order valence-corrected chi connectivity index (χ1v) is 13.2. The Morgan fingerprint density at radius 1 is 1.21 bits per heavy atom. The van der Waals surface area contributed by atoms with Crippen LogP contribution in [0.5, 0.6) is 0 Å². The van der Waals surface area contributed by atoms with Crippen LogP contribution in [0, 0.1) is 0 Å². The molecule has 0 spiro atoms. The fourth-order valence-electron chi connectivity index (χ4n) is 3.79. The summed E-state index contributed by atoms with van der Waals surface area (Å²) in [5.41, 5.74) is 0.523. The fourth-order valence-corrected chi connectivity index (χ4v) is 5.89. The van der Waals surface area contributed by atoms with E-state index in [1.165, 1.54) is 28.2 Å². The van der Waals surface area contributed by atoms with Crippen molar-refractivity contribution >= 4 is 33.4 Å². The molecule has 2 aromatic heterocycles. The molecule has 1 aromatic carbocycles. The van der Waals surface area contributed by atoms with E-state index in [-0.39, 0.29) is 22.6 Å². The van der Waals surface area contributed by atoms with E-state index in [0.717, 1.165) is 32.1 Å². The van der Waals surface area contributed by atoms with Gasteiger partial charge in [-0.15, -0.1) is 5.10 Å². The van der Waals surface area contributed by atoms with Crippen molar-refractivity contribution in [3.05, 3.63) is 48.4 Å². The minimum Gasteiger partial charge on any atom is -0.467 e. The van der Waals surface area contributed by atoms with Gasteiger partial charge < -0.3 is 9.73 Å². The molecule has 1 saturated carbocycles. The Morgan fingerprint density at radius 3 is 2.67 bits per heavy atom. The van der Waals surface area contributed by atoms with Gasteiger partial charge in [0.25, 0.3) is 0 Å². The lowest BCUT2D eigenvalue weighted by molar-refractivity contribution is -0.113. The summed E-state index contributed by atoms with van der Waals surface area (Å²) < 4.78 is 34.2. The number of hydrogen-bond acceptors (Lipinski definition) is 8. The van der Waals surface area contributed by atoms with E-state index in [4.69, 9.17) is 4.42 Å². The molecular weight excluding hydrogens is 464 g/mol. The second kappa shape index (κ2) is 10.5. The summed E-state index contributed by atoms with van der Waals surface area (Å²) in [5.74, 6) is 0.559. The molecule has 1 fully saturated rings. The van der Waals surface area contributed by atoms with Gasteiger partial charge in [-0.25, -0.2) is 13.1 Å². The third-order valence-electron chi connectivity index (χ3n) is 5.62. The van der Waals surface area contributed by atoms with E-state index in [1.807, 2.05) is 6.07 Å². The first kappa shape index (κ1) is 23.5. The summed E-state index contributed by atoms with van der Waals surface area (Å²) in [6.07, 6.45) is 6.64. The number of carbonyl (C=O) groups is 1. The number of amides is 1. The number of tetrazole rings is 1. The second-order valence-corrected chi connectivity index (χ2v) is 10.8. The number of hydrogen-bond donors (Lipinski definition) is 1. The quantitative estimate of drug-likeness (QED) is 0.454. The number of furan rings is 1. The summed E-state index contributed by atoms with van der Waals surface area (Å²) in [4.78, 5) is 12.6. The Kier molecular flexibility index (Phi) is 7.46. The number of rotatable bonds is 9. The van der Waals surface area contributed by atoms with Gasteiger partial charge in [0.05, 0.1) is 16.9 Å². The second-order valence-electron chi connectivity index (χ2n) is 7.87. The van der Waals surface area contributed by atoms with Gasteiger partial charge >= 0.3 is 0 Å². The minimum absolute atomic E-state index is 0.0458. The van der Waals surface area contributed by atoms with Crippen molar-refractivity contribution in [3.63, 3.8) is 0 Å². The van der Waals surface area contributed by atoms with Crippen LogP contribution in [0.15, 0.2) is 57.1 Å². The van der Waals surface area contributed by atoms with Crippen molar-refractivity contribution in [1.82, 2.24) is 24.5 Å². The van der Waals surface area contributed by atoms with Crippen LogP contribution < -0.4 is 5.32 Å². The zero-order chi connectivity index (χ0) is 23.3. The van der Waals surface area contributed by atoms with Gasteiger partial charge in [0.1, 0.15) is 12.3 Å². The minimum atomic E-state index is -3.57. The SMILES string of the molecule is CN(C1CCCCC1)S(=O)(=O)c1ccc(NC(=O)CSc2nnnn2Cc2ccco2)cc1. The topological polar surface area (TPSA) is 123 Å². The molecule has 0 aliphatic heterocycles. The third kappa shape index (κ3) is 5.81. The zero-order valence-electron chi connectivity index (χ0n) is 18.3. The third-order valence-corrected chi connectivity index (χ3v) is 8.50. The number of benzene rings is 1. The maximum atomic E-state index is 13.0. The van der Waals surface area contributed by atoms with Crippen molar-refractivity contribution < 1.29 is 17.6 Å². The van der Waals surface area contributed by atoms with Crippen molar-refractivity contribution in [2.45, 2.75) is 54.7 Å². The standard InChI is InChI=1S/C21H26N6O4S2/c1-26(17-6-3-2-4-7-17)33(29,30)19-11-9-16(10-12-19)22-20(28)15-32-21-23-24-25-27(21)14-18-8-5-13-31-18/h5,8-13,17H,2-4,6-7,14-15H2,1H3,(H,22,28). The molecule has 1 aliphatic carbocycles. The maximum Gasteiger partial charge on any atom is 0.243 e. The molecule has 0 saturated heterocycles. The van der Waals surface area contributed by atoms with Gasteiger partial charge in [-0.1, -0.05) is 31.0 Å². The molecule has 0 atom stereocenters. The number of nitrogens with zero attached hydrogens (tertiary/aromatic N) is 5. The highest BCUT2D eigenvalue weighted by Crippen LogP contribution is 2.27. The number of nitrogens with one attached hydrogen (secondary N) is 1. The number of anilines is 1. The van der Waals surface area contributed by atoms with E-state index in [2.05, 4.69) is 20.8 Å². The lowest BCUT2D eigenvalue weighted by Gasteiger charge is -2.30. The molecule has 0 bridgehead atoms. The normalized spacial score (nSPS) is 15.1. The Morgan fingerprint density at radius 2 is 1.97 bits per heavy atom. The van der Waals surface area contributed by atoms with E-state index in [9.17, 15) is 13.2 Å². The molecule has 0 unspecified atom stereocenters. The zero-order valence-corrected chi connectivity index (χ0v) is 19.9. The van der Waals surface area contributed by atoms with Crippen LogP contribution >= 0.6 is 11.8 Å². The molecule has 1 aliphatic rings. The summed E-state index contributed by atoms with van der Waals surface area (Å²) in [6, 6.07) is 9.91. The average Bonchev–Trinajstić information content (AvgIpc) is 3.50. The summed E-state index contributed by atoms with van der Waals surface area (Å²) >= 11 is 1.20. The Balaban J connectivity index is 1.32. The number of carbonyl (C=O) groups excluding carboxylic acids is 1. The predicted octanol–water partition coefficient (Wildman–Crippen LogP) is 3.00. The molecule has 1 amide bonds. The Hall–Kier alpha value is -2.70. The van der Waals surface area contributed by atoms with Crippen LogP contribution in [0.1, 0.15) is 37.9 Å². The average molecular weight is 491 g/mol. The highest BCUT2D eigenvalue weighted by molar-refractivity contribution is 7.99. The largest absolute Gasteiger partial charge is 0.467 e. The first-order chi connectivity index (χ1) is 15.9. The number of thioether (sulfide) groups is 1.